The van der Waals surface area contributed by atoms with E-state index >= 15 is 0 Å². The van der Waals surface area contributed by atoms with E-state index in [2.05, 4.69) is 5.32 Å². The fraction of sp³-hybridized carbons (Fsp3) is 0.143. The summed E-state index contributed by atoms with van der Waals surface area (Å²) in [6, 6.07) is 5.74. The molecular weight excluding hydrogens is 356 g/mol. The monoisotopic (exact) mass is 364 g/mol. The molecule has 0 bridgehead atoms. The predicted molar refractivity (Wildman–Crippen MR) is 80.8 cm³/mol. The molecule has 2 rings (SSSR count). The van der Waals surface area contributed by atoms with Crippen LogP contribution in [0, 0.1) is 0 Å². The van der Waals surface area contributed by atoms with Crippen LogP contribution < -0.4 is 10.9 Å². The van der Waals surface area contributed by atoms with Crippen molar-refractivity contribution in [2.75, 3.05) is 5.32 Å². The van der Waals surface area contributed by atoms with Crippen molar-refractivity contribution in [3.8, 4) is 0 Å². The highest BCUT2D eigenvalue weighted by atomic mass is 35.5. The molecule has 1 N–H and O–H groups in total. The van der Waals surface area contributed by atoms with Gasteiger partial charge in [0.2, 0.25) is 5.91 Å². The number of halogens is 5. The highest BCUT2D eigenvalue weighted by molar-refractivity contribution is 6.36. The van der Waals surface area contributed by atoms with Gasteiger partial charge in [-0.2, -0.15) is 13.2 Å². The third-order valence-corrected chi connectivity index (χ3v) is 3.38. The topological polar surface area (TPSA) is 51.1 Å². The highest BCUT2D eigenvalue weighted by Gasteiger charge is 2.31. The summed E-state index contributed by atoms with van der Waals surface area (Å²) in [7, 11) is 0. The number of hydrogen-bond donors (Lipinski definition) is 1. The van der Waals surface area contributed by atoms with Gasteiger partial charge < -0.3 is 9.88 Å². The van der Waals surface area contributed by atoms with Gasteiger partial charge in [0.25, 0.3) is 5.56 Å². The van der Waals surface area contributed by atoms with E-state index in [0.717, 1.165) is 6.07 Å². The molecule has 2 aromatic rings. The largest absolute Gasteiger partial charge is 0.417 e. The van der Waals surface area contributed by atoms with Gasteiger partial charge in [0.15, 0.2) is 0 Å². The molecule has 0 aliphatic rings. The lowest BCUT2D eigenvalue weighted by molar-refractivity contribution is -0.138. The van der Waals surface area contributed by atoms with Gasteiger partial charge in [-0.25, -0.2) is 0 Å². The van der Waals surface area contributed by atoms with E-state index < -0.39 is 29.8 Å². The van der Waals surface area contributed by atoms with E-state index in [1.165, 1.54) is 18.2 Å². The molecule has 122 valence electrons. The summed E-state index contributed by atoms with van der Waals surface area (Å²) in [5, 5.41) is 2.93. The van der Waals surface area contributed by atoms with E-state index in [1.807, 2.05) is 0 Å². The average molecular weight is 365 g/mol. The molecule has 0 saturated heterocycles. The van der Waals surface area contributed by atoms with Gasteiger partial charge in [-0.3, -0.25) is 9.59 Å². The van der Waals surface area contributed by atoms with Crippen LogP contribution in [0.1, 0.15) is 5.56 Å². The zero-order valence-corrected chi connectivity index (χ0v) is 12.8. The van der Waals surface area contributed by atoms with E-state index in [4.69, 9.17) is 23.2 Å². The van der Waals surface area contributed by atoms with Gasteiger partial charge in [-0.1, -0.05) is 23.2 Å². The lowest BCUT2D eigenvalue weighted by Crippen LogP contribution is -2.28. The second kappa shape index (κ2) is 6.64. The zero-order valence-electron chi connectivity index (χ0n) is 11.3. The smallest absolute Gasteiger partial charge is 0.323 e. The molecule has 1 aromatic carbocycles. The van der Waals surface area contributed by atoms with Gasteiger partial charge in [0.05, 0.1) is 16.3 Å². The molecule has 4 nitrogen and oxygen atoms in total. The van der Waals surface area contributed by atoms with Gasteiger partial charge in [-0.05, 0) is 24.3 Å². The molecule has 23 heavy (non-hydrogen) atoms. The van der Waals surface area contributed by atoms with Crippen LogP contribution in [0.4, 0.5) is 18.9 Å². The summed E-state index contributed by atoms with van der Waals surface area (Å²) in [5.74, 6) is -0.698. The SMILES string of the molecule is O=C(Cn1cc(C(F)(F)F)ccc1=O)Nc1ccc(Cl)cc1Cl. The number of aromatic nitrogens is 1. The first kappa shape index (κ1) is 17.4. The van der Waals surface area contributed by atoms with Crippen molar-refractivity contribution in [3.63, 3.8) is 0 Å². The fourth-order valence-electron chi connectivity index (χ4n) is 1.76. The van der Waals surface area contributed by atoms with Crippen LogP contribution in [-0.2, 0) is 17.5 Å². The molecule has 9 heteroatoms. The number of hydrogen-bond acceptors (Lipinski definition) is 2. The van der Waals surface area contributed by atoms with Gasteiger partial charge in [-0.15, -0.1) is 0 Å². The Morgan fingerprint density at radius 2 is 1.87 bits per heavy atom. The molecule has 0 unspecified atom stereocenters. The molecule has 0 aliphatic carbocycles. The quantitative estimate of drug-likeness (QED) is 0.899. The molecule has 1 aromatic heterocycles. The molecule has 0 radical (unpaired) electrons. The van der Waals surface area contributed by atoms with Gasteiger partial charge in [0, 0.05) is 17.3 Å². The Labute approximate surface area is 138 Å². The number of anilines is 1. The van der Waals surface area contributed by atoms with Crippen molar-refractivity contribution in [2.45, 2.75) is 12.7 Å². The van der Waals surface area contributed by atoms with Crippen LogP contribution >= 0.6 is 23.2 Å². The number of pyridine rings is 1. The minimum atomic E-state index is -4.61. The first-order chi connectivity index (χ1) is 10.7. The molecular formula is C14H9Cl2F3N2O2. The molecule has 1 heterocycles. The molecule has 0 spiro atoms. The number of carbonyl (C=O) groups excluding carboxylic acids is 1. The van der Waals surface area contributed by atoms with Crippen LogP contribution in [0.5, 0.6) is 0 Å². The van der Waals surface area contributed by atoms with E-state index in [1.54, 1.807) is 0 Å². The summed E-state index contributed by atoms with van der Waals surface area (Å²) in [4.78, 5) is 23.5. The number of amides is 1. The summed E-state index contributed by atoms with van der Waals surface area (Å²) < 4.78 is 38.6. The van der Waals surface area contributed by atoms with Crippen LogP contribution in [-0.4, -0.2) is 10.5 Å². The Hall–Kier alpha value is -1.99. The minimum absolute atomic E-state index is 0.169. The Balaban J connectivity index is 2.18. The summed E-state index contributed by atoms with van der Waals surface area (Å²) in [6.07, 6.45) is -4.02. The predicted octanol–water partition coefficient (Wildman–Crippen LogP) is 3.81. The highest BCUT2D eigenvalue weighted by Crippen LogP contribution is 2.28. The maximum absolute atomic E-state index is 12.6. The fourth-order valence-corrected chi connectivity index (χ4v) is 2.21. The van der Waals surface area contributed by atoms with Crippen molar-refractivity contribution < 1.29 is 18.0 Å². The molecule has 0 aliphatic heterocycles. The number of nitrogens with zero attached hydrogens (tertiary/aromatic N) is 1. The maximum Gasteiger partial charge on any atom is 0.417 e. The second-order valence-corrected chi connectivity index (χ2v) is 5.40. The van der Waals surface area contributed by atoms with Gasteiger partial charge >= 0.3 is 6.18 Å². The Morgan fingerprint density at radius 1 is 1.17 bits per heavy atom. The molecule has 0 atom stereocenters. The van der Waals surface area contributed by atoms with E-state index in [0.29, 0.717) is 21.9 Å². The Morgan fingerprint density at radius 3 is 2.48 bits per heavy atom. The molecule has 0 saturated carbocycles. The zero-order chi connectivity index (χ0) is 17.2. The Bertz CT molecular complexity index is 803. The van der Waals surface area contributed by atoms with Crippen LogP contribution in [0.2, 0.25) is 10.0 Å². The van der Waals surface area contributed by atoms with Crippen LogP contribution in [0.3, 0.4) is 0 Å². The van der Waals surface area contributed by atoms with Crippen LogP contribution in [0.15, 0.2) is 41.3 Å². The third-order valence-electron chi connectivity index (χ3n) is 2.83. The second-order valence-electron chi connectivity index (χ2n) is 4.55. The molecule has 0 fully saturated rings. The van der Waals surface area contributed by atoms with Crippen molar-refractivity contribution in [1.29, 1.82) is 0 Å². The number of benzene rings is 1. The summed E-state index contributed by atoms with van der Waals surface area (Å²) >= 11 is 11.6. The normalized spacial score (nSPS) is 11.3. The maximum atomic E-state index is 12.6. The average Bonchev–Trinajstić information content (AvgIpc) is 2.43. The lowest BCUT2D eigenvalue weighted by atomic mass is 10.2. The van der Waals surface area contributed by atoms with Crippen molar-refractivity contribution in [2.24, 2.45) is 0 Å². The van der Waals surface area contributed by atoms with Crippen molar-refractivity contribution in [3.05, 3.63) is 62.5 Å². The molecule has 1 amide bonds. The first-order valence-electron chi connectivity index (χ1n) is 6.19. The summed E-state index contributed by atoms with van der Waals surface area (Å²) in [6.45, 7) is -0.582. The van der Waals surface area contributed by atoms with E-state index in [9.17, 15) is 22.8 Å². The third kappa shape index (κ3) is 4.49. The van der Waals surface area contributed by atoms with Crippen molar-refractivity contribution >= 4 is 34.8 Å². The minimum Gasteiger partial charge on any atom is -0.323 e. The lowest BCUT2D eigenvalue weighted by Gasteiger charge is -2.11. The van der Waals surface area contributed by atoms with E-state index in [-0.39, 0.29) is 10.7 Å². The van der Waals surface area contributed by atoms with Gasteiger partial charge in [0.1, 0.15) is 6.54 Å². The Kier molecular flexibility index (Phi) is 5.01. The number of rotatable bonds is 3. The summed E-state index contributed by atoms with van der Waals surface area (Å²) in [5.41, 5.74) is -1.51. The first-order valence-corrected chi connectivity index (χ1v) is 6.95. The number of nitrogens with one attached hydrogen (secondary N) is 1. The number of carbonyl (C=O) groups is 1. The van der Waals surface area contributed by atoms with Crippen LogP contribution in [0.25, 0.3) is 0 Å². The van der Waals surface area contributed by atoms with Crippen molar-refractivity contribution in [1.82, 2.24) is 4.57 Å². The standard InChI is InChI=1S/C14H9Cl2F3N2O2/c15-9-2-3-11(10(16)5-9)20-12(22)7-21-6-8(14(17,18)19)1-4-13(21)23/h1-6H,7H2,(H,20,22). The number of alkyl halides is 3.